The van der Waals surface area contributed by atoms with Crippen molar-refractivity contribution in [3.05, 3.63) is 73.6 Å². The van der Waals surface area contributed by atoms with E-state index in [0.717, 1.165) is 17.3 Å². The summed E-state index contributed by atoms with van der Waals surface area (Å²) < 4.78 is 5.73. The molecule has 1 aliphatic heterocycles. The average molecular weight is 391 g/mol. The number of non-ortho nitro benzene ring substituents is 1. The number of benzene rings is 2. The maximum absolute atomic E-state index is 11.7. The van der Waals surface area contributed by atoms with Crippen LogP contribution >= 0.6 is 23.4 Å². The normalized spacial score (nSPS) is 15.2. The highest BCUT2D eigenvalue weighted by Gasteiger charge is 2.26. The number of rotatable bonds is 5. The van der Waals surface area contributed by atoms with E-state index in [0.29, 0.717) is 16.3 Å². The van der Waals surface area contributed by atoms with Gasteiger partial charge in [-0.3, -0.25) is 25.0 Å². The van der Waals surface area contributed by atoms with E-state index in [4.69, 9.17) is 16.3 Å². The Morgan fingerprint density at radius 2 is 2.00 bits per heavy atom. The zero-order valence-electron chi connectivity index (χ0n) is 13.1. The van der Waals surface area contributed by atoms with Crippen molar-refractivity contribution in [2.75, 3.05) is 0 Å². The number of nitrogens with zero attached hydrogens (tertiary/aromatic N) is 1. The number of imide groups is 1. The lowest BCUT2D eigenvalue weighted by atomic mass is 10.1. The van der Waals surface area contributed by atoms with Crippen molar-refractivity contribution in [1.82, 2.24) is 5.32 Å². The van der Waals surface area contributed by atoms with E-state index in [9.17, 15) is 19.7 Å². The molecule has 2 aromatic carbocycles. The molecule has 0 radical (unpaired) electrons. The Hall–Kier alpha value is -2.84. The molecule has 0 aromatic heterocycles. The minimum absolute atomic E-state index is 0.137. The average Bonchev–Trinajstić information content (AvgIpc) is 2.92. The molecule has 0 spiro atoms. The molecule has 0 saturated carbocycles. The van der Waals surface area contributed by atoms with Crippen molar-refractivity contribution < 1.29 is 19.2 Å². The Balaban J connectivity index is 1.93. The number of carbonyl (C=O) groups excluding carboxylic acids is 2. The second-order valence-electron chi connectivity index (χ2n) is 5.21. The molecule has 3 rings (SSSR count). The highest BCUT2D eigenvalue weighted by atomic mass is 35.5. The monoisotopic (exact) mass is 390 g/mol. The lowest BCUT2D eigenvalue weighted by Gasteiger charge is -2.10. The molecule has 0 unspecified atom stereocenters. The molecule has 7 nitrogen and oxygen atoms in total. The highest BCUT2D eigenvalue weighted by molar-refractivity contribution is 8.18. The van der Waals surface area contributed by atoms with Crippen LogP contribution in [0.5, 0.6) is 5.75 Å². The Kier molecular flexibility index (Phi) is 5.24. The SMILES string of the molecule is O=C1NC(=O)/C(=C\c2cc([N+](=O)[O-])ccc2OCc2ccccc2Cl)S1. The molecular weight excluding hydrogens is 380 g/mol. The third-order valence-corrected chi connectivity index (χ3v) is 4.65. The predicted octanol–water partition coefficient (Wildman–Crippen LogP) is 4.15. The van der Waals surface area contributed by atoms with Gasteiger partial charge in [0.2, 0.25) is 0 Å². The number of halogens is 1. The maximum atomic E-state index is 11.7. The van der Waals surface area contributed by atoms with E-state index in [-0.39, 0.29) is 17.2 Å². The van der Waals surface area contributed by atoms with Gasteiger partial charge in [0.15, 0.2) is 0 Å². The lowest BCUT2D eigenvalue weighted by Crippen LogP contribution is -2.17. The van der Waals surface area contributed by atoms with Gasteiger partial charge in [-0.05, 0) is 30.0 Å². The quantitative estimate of drug-likeness (QED) is 0.467. The molecule has 1 saturated heterocycles. The van der Waals surface area contributed by atoms with Crippen molar-refractivity contribution in [3.8, 4) is 5.75 Å². The molecule has 0 atom stereocenters. The van der Waals surface area contributed by atoms with E-state index < -0.39 is 16.1 Å². The van der Waals surface area contributed by atoms with Crippen molar-refractivity contribution in [2.45, 2.75) is 6.61 Å². The number of nitro groups is 1. The second kappa shape index (κ2) is 7.59. The third kappa shape index (κ3) is 4.04. The van der Waals surface area contributed by atoms with Crippen molar-refractivity contribution in [3.63, 3.8) is 0 Å². The fourth-order valence-corrected chi connectivity index (χ4v) is 3.09. The minimum atomic E-state index is -0.552. The molecule has 9 heteroatoms. The van der Waals surface area contributed by atoms with Crippen LogP contribution in [-0.4, -0.2) is 16.1 Å². The number of carbonyl (C=O) groups is 2. The lowest BCUT2D eigenvalue weighted by molar-refractivity contribution is -0.384. The van der Waals surface area contributed by atoms with Crippen LogP contribution in [0.3, 0.4) is 0 Å². The molecule has 2 amide bonds. The predicted molar refractivity (Wildman–Crippen MR) is 98.0 cm³/mol. The zero-order chi connectivity index (χ0) is 18.7. The minimum Gasteiger partial charge on any atom is -0.488 e. The van der Waals surface area contributed by atoms with Crippen LogP contribution < -0.4 is 10.1 Å². The van der Waals surface area contributed by atoms with Crippen molar-refractivity contribution in [1.29, 1.82) is 0 Å². The maximum Gasteiger partial charge on any atom is 0.290 e. The summed E-state index contributed by atoms with van der Waals surface area (Å²) >= 11 is 6.82. The Morgan fingerprint density at radius 3 is 2.65 bits per heavy atom. The van der Waals surface area contributed by atoms with Gasteiger partial charge < -0.3 is 4.74 Å². The van der Waals surface area contributed by atoms with Crippen molar-refractivity contribution in [2.24, 2.45) is 0 Å². The molecule has 0 aliphatic carbocycles. The van der Waals surface area contributed by atoms with E-state index >= 15 is 0 Å². The van der Waals surface area contributed by atoms with Crippen LogP contribution in [-0.2, 0) is 11.4 Å². The second-order valence-corrected chi connectivity index (χ2v) is 6.63. The summed E-state index contributed by atoms with van der Waals surface area (Å²) in [6, 6.07) is 11.2. The first-order chi connectivity index (χ1) is 12.4. The fourth-order valence-electron chi connectivity index (χ4n) is 2.23. The van der Waals surface area contributed by atoms with Gasteiger partial charge in [-0.15, -0.1) is 0 Å². The molecule has 26 heavy (non-hydrogen) atoms. The summed E-state index contributed by atoms with van der Waals surface area (Å²) in [5.41, 5.74) is 0.907. The molecule has 1 aliphatic rings. The highest BCUT2D eigenvalue weighted by Crippen LogP contribution is 2.32. The van der Waals surface area contributed by atoms with E-state index in [1.54, 1.807) is 18.2 Å². The smallest absolute Gasteiger partial charge is 0.290 e. The molecule has 132 valence electrons. The topological polar surface area (TPSA) is 98.5 Å². The Bertz CT molecular complexity index is 945. The number of nitrogens with one attached hydrogen (secondary N) is 1. The molecule has 1 heterocycles. The van der Waals surface area contributed by atoms with Crippen LogP contribution in [0.2, 0.25) is 5.02 Å². The van der Waals surface area contributed by atoms with Crippen LogP contribution in [0.4, 0.5) is 10.5 Å². The number of ether oxygens (including phenoxy) is 1. The van der Waals surface area contributed by atoms with Crippen LogP contribution in [0.1, 0.15) is 11.1 Å². The van der Waals surface area contributed by atoms with Crippen LogP contribution in [0.25, 0.3) is 6.08 Å². The van der Waals surface area contributed by atoms with Crippen molar-refractivity contribution >= 4 is 46.3 Å². The third-order valence-electron chi connectivity index (χ3n) is 3.47. The van der Waals surface area contributed by atoms with Gasteiger partial charge in [-0.25, -0.2) is 0 Å². The largest absolute Gasteiger partial charge is 0.488 e. The van der Waals surface area contributed by atoms with Crippen LogP contribution in [0.15, 0.2) is 47.4 Å². The van der Waals surface area contributed by atoms with Gasteiger partial charge in [-0.2, -0.15) is 0 Å². The van der Waals surface area contributed by atoms with Gasteiger partial charge in [0.25, 0.3) is 16.8 Å². The standard InChI is InChI=1S/C17H11ClN2O5S/c18-13-4-2-1-3-10(13)9-25-14-6-5-12(20(23)24)7-11(14)8-15-16(21)19-17(22)26-15/h1-8H,9H2,(H,19,21,22)/b15-8+. The molecule has 2 aromatic rings. The van der Waals surface area contributed by atoms with E-state index in [2.05, 4.69) is 5.32 Å². The number of hydrogen-bond donors (Lipinski definition) is 1. The fraction of sp³-hybridized carbons (Fsp3) is 0.0588. The van der Waals surface area contributed by atoms with Gasteiger partial charge >= 0.3 is 0 Å². The summed E-state index contributed by atoms with van der Waals surface area (Å²) in [6.45, 7) is 0.145. The van der Waals surface area contributed by atoms with Gasteiger partial charge in [0, 0.05) is 28.3 Å². The summed E-state index contributed by atoms with van der Waals surface area (Å²) in [5.74, 6) is -0.223. The number of nitro benzene ring substituents is 1. The van der Waals surface area contributed by atoms with E-state index in [1.165, 1.54) is 24.3 Å². The summed E-state index contributed by atoms with van der Waals surface area (Å²) in [6.07, 6.45) is 1.39. The zero-order valence-corrected chi connectivity index (χ0v) is 14.7. The molecule has 0 bridgehead atoms. The number of hydrogen-bond acceptors (Lipinski definition) is 6. The number of amides is 2. The first-order valence-corrected chi connectivity index (χ1v) is 8.53. The molecule has 1 N–H and O–H groups in total. The first-order valence-electron chi connectivity index (χ1n) is 7.33. The molecular formula is C17H11ClN2O5S. The Labute approximate surface area is 157 Å². The van der Waals surface area contributed by atoms with Gasteiger partial charge in [0.1, 0.15) is 12.4 Å². The first kappa shape index (κ1) is 18.0. The molecule has 1 fully saturated rings. The van der Waals surface area contributed by atoms with E-state index in [1.807, 2.05) is 6.07 Å². The number of thioether (sulfide) groups is 1. The summed E-state index contributed by atoms with van der Waals surface area (Å²) in [4.78, 5) is 33.6. The van der Waals surface area contributed by atoms with Gasteiger partial charge in [-0.1, -0.05) is 29.8 Å². The summed E-state index contributed by atoms with van der Waals surface area (Å²) in [7, 11) is 0. The Morgan fingerprint density at radius 1 is 1.23 bits per heavy atom. The van der Waals surface area contributed by atoms with Crippen LogP contribution in [0, 0.1) is 10.1 Å². The van der Waals surface area contributed by atoms with Gasteiger partial charge in [0.05, 0.1) is 9.83 Å². The summed E-state index contributed by atoms with van der Waals surface area (Å²) in [5, 5.41) is 13.2.